The summed E-state index contributed by atoms with van der Waals surface area (Å²) in [6.45, 7) is 1.93. The first kappa shape index (κ1) is 16.3. The maximum Gasteiger partial charge on any atom is 0.138 e. The SMILES string of the molecule is CNC(c1cc(C)ccc1F)c1cc(Cl)cc(Br)c1OC. The van der Waals surface area contributed by atoms with Crippen molar-refractivity contribution >= 4 is 27.5 Å². The maximum absolute atomic E-state index is 14.2. The van der Waals surface area contributed by atoms with Gasteiger partial charge in [-0.3, -0.25) is 0 Å². The van der Waals surface area contributed by atoms with Crippen LogP contribution in [-0.2, 0) is 0 Å². The van der Waals surface area contributed by atoms with Crippen molar-refractivity contribution in [1.82, 2.24) is 5.32 Å². The molecule has 2 rings (SSSR count). The van der Waals surface area contributed by atoms with Gasteiger partial charge in [0.05, 0.1) is 17.6 Å². The molecule has 2 aromatic rings. The molecule has 21 heavy (non-hydrogen) atoms. The normalized spacial score (nSPS) is 12.3. The molecule has 0 saturated heterocycles. The minimum absolute atomic E-state index is 0.266. The molecule has 0 saturated carbocycles. The number of hydrogen-bond acceptors (Lipinski definition) is 2. The van der Waals surface area contributed by atoms with Gasteiger partial charge in [0, 0.05) is 16.1 Å². The molecule has 0 fully saturated rings. The third-order valence-electron chi connectivity index (χ3n) is 3.30. The van der Waals surface area contributed by atoms with E-state index in [0.717, 1.165) is 15.6 Å². The zero-order valence-corrected chi connectivity index (χ0v) is 14.3. The van der Waals surface area contributed by atoms with Crippen LogP contribution in [0.4, 0.5) is 4.39 Å². The Balaban J connectivity index is 2.64. The maximum atomic E-state index is 14.2. The van der Waals surface area contributed by atoms with Crippen LogP contribution < -0.4 is 10.1 Å². The van der Waals surface area contributed by atoms with Crippen molar-refractivity contribution in [1.29, 1.82) is 0 Å². The van der Waals surface area contributed by atoms with Crippen LogP contribution in [0.15, 0.2) is 34.8 Å². The van der Waals surface area contributed by atoms with Crippen LogP contribution >= 0.6 is 27.5 Å². The molecular weight excluding hydrogens is 357 g/mol. The van der Waals surface area contributed by atoms with Gasteiger partial charge < -0.3 is 10.1 Å². The standard InChI is InChI=1S/C16H16BrClFNO/c1-9-4-5-14(19)11(6-9)15(20-2)12-7-10(18)8-13(17)16(12)21-3/h4-8,15,20H,1-3H3. The van der Waals surface area contributed by atoms with Crippen molar-refractivity contribution in [2.24, 2.45) is 0 Å². The first-order valence-corrected chi connectivity index (χ1v) is 7.61. The Morgan fingerprint density at radius 1 is 1.24 bits per heavy atom. The highest BCUT2D eigenvalue weighted by Crippen LogP contribution is 2.38. The lowest BCUT2D eigenvalue weighted by Gasteiger charge is -2.22. The lowest BCUT2D eigenvalue weighted by Crippen LogP contribution is -2.20. The molecule has 2 nitrogen and oxygen atoms in total. The van der Waals surface area contributed by atoms with Gasteiger partial charge in [-0.2, -0.15) is 0 Å². The molecule has 1 unspecified atom stereocenters. The number of aryl methyl sites for hydroxylation is 1. The lowest BCUT2D eigenvalue weighted by atomic mass is 9.96. The van der Waals surface area contributed by atoms with E-state index in [9.17, 15) is 4.39 Å². The van der Waals surface area contributed by atoms with E-state index in [1.165, 1.54) is 6.07 Å². The van der Waals surface area contributed by atoms with E-state index in [1.807, 2.05) is 13.0 Å². The Bertz CT molecular complexity index is 663. The van der Waals surface area contributed by atoms with Crippen LogP contribution in [0.2, 0.25) is 5.02 Å². The van der Waals surface area contributed by atoms with Crippen molar-refractivity contribution in [3.05, 3.63) is 62.3 Å². The highest BCUT2D eigenvalue weighted by Gasteiger charge is 2.22. The fourth-order valence-electron chi connectivity index (χ4n) is 2.37. The molecule has 0 radical (unpaired) electrons. The van der Waals surface area contributed by atoms with E-state index >= 15 is 0 Å². The van der Waals surface area contributed by atoms with Crippen molar-refractivity contribution in [3.8, 4) is 5.75 Å². The van der Waals surface area contributed by atoms with Crippen molar-refractivity contribution in [3.63, 3.8) is 0 Å². The van der Waals surface area contributed by atoms with Gasteiger partial charge in [0.1, 0.15) is 11.6 Å². The molecule has 0 spiro atoms. The molecule has 2 aromatic carbocycles. The number of hydrogen-bond donors (Lipinski definition) is 1. The van der Waals surface area contributed by atoms with Gasteiger partial charge in [-0.25, -0.2) is 4.39 Å². The van der Waals surface area contributed by atoms with Gasteiger partial charge in [-0.15, -0.1) is 0 Å². The molecule has 0 amide bonds. The average molecular weight is 373 g/mol. The second kappa shape index (κ2) is 6.77. The number of rotatable bonds is 4. The fraction of sp³-hybridized carbons (Fsp3) is 0.250. The van der Waals surface area contributed by atoms with Crippen LogP contribution in [0.5, 0.6) is 5.75 Å². The minimum atomic E-state index is -0.352. The molecule has 112 valence electrons. The molecule has 5 heteroatoms. The molecular formula is C16H16BrClFNO. The predicted octanol–water partition coefficient (Wildman–Crippen LogP) is 4.87. The van der Waals surface area contributed by atoms with Crippen LogP contribution in [-0.4, -0.2) is 14.2 Å². The molecule has 0 aliphatic rings. The third kappa shape index (κ3) is 3.39. The summed E-state index contributed by atoms with van der Waals surface area (Å²) in [5.41, 5.74) is 2.33. The Kier molecular flexibility index (Phi) is 5.25. The molecule has 0 heterocycles. The van der Waals surface area contributed by atoms with E-state index < -0.39 is 0 Å². The molecule has 0 bridgehead atoms. The van der Waals surface area contributed by atoms with Gasteiger partial charge in [-0.1, -0.05) is 29.3 Å². The second-order valence-electron chi connectivity index (χ2n) is 4.76. The van der Waals surface area contributed by atoms with E-state index in [1.54, 1.807) is 32.4 Å². The van der Waals surface area contributed by atoms with Gasteiger partial charge in [0.25, 0.3) is 0 Å². The van der Waals surface area contributed by atoms with E-state index in [4.69, 9.17) is 16.3 Å². The van der Waals surface area contributed by atoms with Crippen molar-refractivity contribution in [2.75, 3.05) is 14.2 Å². The van der Waals surface area contributed by atoms with Crippen LogP contribution in [0.3, 0.4) is 0 Å². The number of methoxy groups -OCH3 is 1. The summed E-state index contributed by atoms with van der Waals surface area (Å²) in [5.74, 6) is 0.373. The van der Waals surface area contributed by atoms with Crippen molar-refractivity contribution < 1.29 is 9.13 Å². The topological polar surface area (TPSA) is 21.3 Å². The smallest absolute Gasteiger partial charge is 0.138 e. The summed E-state index contributed by atoms with van der Waals surface area (Å²) in [6.07, 6.45) is 0. The van der Waals surface area contributed by atoms with Gasteiger partial charge in [-0.05, 0) is 48.1 Å². The molecule has 1 N–H and O–H groups in total. The number of halogens is 3. The average Bonchev–Trinajstić information content (AvgIpc) is 2.43. The zero-order chi connectivity index (χ0) is 15.6. The molecule has 0 aliphatic carbocycles. The molecule has 0 aromatic heterocycles. The summed E-state index contributed by atoms with van der Waals surface area (Å²) in [4.78, 5) is 0. The van der Waals surface area contributed by atoms with Crippen molar-refractivity contribution in [2.45, 2.75) is 13.0 Å². The Labute approximate surface area is 137 Å². The van der Waals surface area contributed by atoms with Crippen LogP contribution in [0.25, 0.3) is 0 Å². The van der Waals surface area contributed by atoms with Gasteiger partial charge >= 0.3 is 0 Å². The highest BCUT2D eigenvalue weighted by atomic mass is 79.9. The van der Waals surface area contributed by atoms with Gasteiger partial charge in [0.2, 0.25) is 0 Å². The first-order chi connectivity index (χ1) is 9.97. The fourth-order valence-corrected chi connectivity index (χ4v) is 3.37. The molecule has 0 aliphatic heterocycles. The number of nitrogens with one attached hydrogen (secondary N) is 1. The zero-order valence-electron chi connectivity index (χ0n) is 12.0. The summed E-state index contributed by atoms with van der Waals surface area (Å²) in [7, 11) is 3.36. The lowest BCUT2D eigenvalue weighted by molar-refractivity contribution is 0.402. The Morgan fingerprint density at radius 2 is 1.95 bits per heavy atom. The Morgan fingerprint density at radius 3 is 2.57 bits per heavy atom. The van der Waals surface area contributed by atoms with E-state index in [-0.39, 0.29) is 11.9 Å². The monoisotopic (exact) mass is 371 g/mol. The van der Waals surface area contributed by atoms with E-state index in [2.05, 4.69) is 21.2 Å². The number of ether oxygens (including phenoxy) is 1. The second-order valence-corrected chi connectivity index (χ2v) is 6.05. The largest absolute Gasteiger partial charge is 0.495 e. The Hall–Kier alpha value is -1.10. The quantitative estimate of drug-likeness (QED) is 0.827. The third-order valence-corrected chi connectivity index (χ3v) is 4.11. The summed E-state index contributed by atoms with van der Waals surface area (Å²) in [6, 6.07) is 8.23. The number of benzene rings is 2. The first-order valence-electron chi connectivity index (χ1n) is 6.44. The summed E-state index contributed by atoms with van der Waals surface area (Å²) >= 11 is 9.56. The predicted molar refractivity (Wildman–Crippen MR) is 87.7 cm³/mol. The highest BCUT2D eigenvalue weighted by molar-refractivity contribution is 9.10. The summed E-state index contributed by atoms with van der Waals surface area (Å²) in [5, 5.41) is 3.69. The van der Waals surface area contributed by atoms with Crippen LogP contribution in [0.1, 0.15) is 22.7 Å². The summed E-state index contributed by atoms with van der Waals surface area (Å²) < 4.78 is 20.4. The minimum Gasteiger partial charge on any atom is -0.495 e. The van der Waals surface area contributed by atoms with Gasteiger partial charge in [0.15, 0.2) is 0 Å². The van der Waals surface area contributed by atoms with E-state index in [0.29, 0.717) is 16.3 Å². The van der Waals surface area contributed by atoms with Crippen LogP contribution in [0, 0.1) is 12.7 Å². The molecule has 1 atom stereocenters.